The molecule has 2 atom stereocenters. The number of rotatable bonds is 4. The lowest BCUT2D eigenvalue weighted by Crippen LogP contribution is -2.50. The Morgan fingerprint density at radius 1 is 1.56 bits per heavy atom. The quantitative estimate of drug-likeness (QED) is 0.701. The molecule has 92 valence electrons. The highest BCUT2D eigenvalue weighted by molar-refractivity contribution is 8.00. The molecule has 0 aromatic heterocycles. The van der Waals surface area contributed by atoms with E-state index in [0.29, 0.717) is 11.8 Å². The Labute approximate surface area is 99.9 Å². The minimum absolute atomic E-state index is 0.0702. The first-order chi connectivity index (χ1) is 7.54. The third-order valence-corrected chi connectivity index (χ3v) is 4.02. The third-order valence-electron chi connectivity index (χ3n) is 2.64. The number of amides is 2. The van der Waals surface area contributed by atoms with Crippen molar-refractivity contribution in [3.8, 4) is 0 Å². The van der Waals surface area contributed by atoms with E-state index in [1.807, 2.05) is 11.8 Å². The van der Waals surface area contributed by atoms with Crippen LogP contribution in [0.3, 0.4) is 0 Å². The molecule has 0 saturated carbocycles. The lowest BCUT2D eigenvalue weighted by Gasteiger charge is -2.33. The van der Waals surface area contributed by atoms with Gasteiger partial charge in [0.15, 0.2) is 0 Å². The topological polar surface area (TPSA) is 89.4 Å². The Bertz CT molecular complexity index is 273. The zero-order valence-electron chi connectivity index (χ0n) is 9.52. The number of carbonyl (C=O) groups is 2. The highest BCUT2D eigenvalue weighted by Crippen LogP contribution is 2.21. The smallest absolute Gasteiger partial charge is 0.240 e. The number of hydrogen-bond acceptors (Lipinski definition) is 4. The van der Waals surface area contributed by atoms with Crippen LogP contribution >= 0.6 is 11.8 Å². The SMILES string of the molecule is CCC1CN(C(=O)C(N)CC(N)=O)CCS1. The molecule has 5 nitrogen and oxygen atoms in total. The van der Waals surface area contributed by atoms with Gasteiger partial charge in [0.05, 0.1) is 12.5 Å². The van der Waals surface area contributed by atoms with Crippen molar-refractivity contribution in [1.82, 2.24) is 4.90 Å². The van der Waals surface area contributed by atoms with Gasteiger partial charge in [0.1, 0.15) is 0 Å². The lowest BCUT2D eigenvalue weighted by molar-refractivity contribution is -0.134. The summed E-state index contributed by atoms with van der Waals surface area (Å²) in [5.74, 6) is 0.255. The number of hydrogen-bond donors (Lipinski definition) is 2. The molecule has 1 heterocycles. The average Bonchev–Trinajstić information content (AvgIpc) is 2.27. The molecule has 4 N–H and O–H groups in total. The zero-order valence-corrected chi connectivity index (χ0v) is 10.3. The Kier molecular flexibility index (Phi) is 5.08. The van der Waals surface area contributed by atoms with Crippen LogP contribution in [0.5, 0.6) is 0 Å². The van der Waals surface area contributed by atoms with Gasteiger partial charge in [-0.05, 0) is 6.42 Å². The van der Waals surface area contributed by atoms with Crippen LogP contribution in [0.1, 0.15) is 19.8 Å². The number of thioether (sulfide) groups is 1. The molecule has 0 aliphatic carbocycles. The van der Waals surface area contributed by atoms with Gasteiger partial charge in [-0.25, -0.2) is 0 Å². The van der Waals surface area contributed by atoms with Crippen molar-refractivity contribution in [3.05, 3.63) is 0 Å². The standard InChI is InChI=1S/C10H19N3O2S/c1-2-7-6-13(3-4-16-7)10(15)8(11)5-9(12)14/h7-8H,2-6,11H2,1H3,(H2,12,14). The summed E-state index contributed by atoms with van der Waals surface area (Å²) in [5.41, 5.74) is 10.7. The van der Waals surface area contributed by atoms with Crippen molar-refractivity contribution in [1.29, 1.82) is 0 Å². The van der Waals surface area contributed by atoms with E-state index in [1.54, 1.807) is 4.90 Å². The van der Waals surface area contributed by atoms with Gasteiger partial charge in [-0.2, -0.15) is 11.8 Å². The molecular weight excluding hydrogens is 226 g/mol. The van der Waals surface area contributed by atoms with E-state index < -0.39 is 11.9 Å². The zero-order chi connectivity index (χ0) is 12.1. The summed E-state index contributed by atoms with van der Waals surface area (Å²) in [4.78, 5) is 24.3. The monoisotopic (exact) mass is 245 g/mol. The van der Waals surface area contributed by atoms with Gasteiger partial charge in [0, 0.05) is 24.1 Å². The van der Waals surface area contributed by atoms with Crippen LogP contribution in [-0.2, 0) is 9.59 Å². The Hall–Kier alpha value is -0.750. The molecule has 1 rings (SSSR count). The molecule has 16 heavy (non-hydrogen) atoms. The Morgan fingerprint density at radius 3 is 2.81 bits per heavy atom. The van der Waals surface area contributed by atoms with Gasteiger partial charge in [0.25, 0.3) is 0 Å². The molecule has 2 amide bonds. The molecule has 6 heteroatoms. The second kappa shape index (κ2) is 6.10. The van der Waals surface area contributed by atoms with E-state index in [9.17, 15) is 9.59 Å². The van der Waals surface area contributed by atoms with Crippen molar-refractivity contribution in [2.75, 3.05) is 18.8 Å². The lowest BCUT2D eigenvalue weighted by atomic mass is 10.1. The maximum atomic E-state index is 11.9. The van der Waals surface area contributed by atoms with Crippen LogP contribution < -0.4 is 11.5 Å². The molecule has 0 bridgehead atoms. The van der Waals surface area contributed by atoms with Crippen LogP contribution in [0.25, 0.3) is 0 Å². The number of nitrogens with two attached hydrogens (primary N) is 2. The summed E-state index contributed by atoms with van der Waals surface area (Å²) < 4.78 is 0. The van der Waals surface area contributed by atoms with Crippen LogP contribution in [0.4, 0.5) is 0 Å². The summed E-state index contributed by atoms with van der Waals surface area (Å²) in [6, 6.07) is -0.780. The molecule has 1 fully saturated rings. The van der Waals surface area contributed by atoms with Crippen molar-refractivity contribution < 1.29 is 9.59 Å². The summed E-state index contributed by atoms with van der Waals surface area (Å²) in [5, 5.41) is 0.485. The second-order valence-electron chi connectivity index (χ2n) is 3.96. The molecule has 0 aromatic rings. The molecule has 1 aliphatic rings. The predicted molar refractivity (Wildman–Crippen MR) is 64.9 cm³/mol. The summed E-state index contributed by atoms with van der Waals surface area (Å²) >= 11 is 1.88. The van der Waals surface area contributed by atoms with Crippen LogP contribution in [-0.4, -0.2) is 46.8 Å². The van der Waals surface area contributed by atoms with E-state index in [-0.39, 0.29) is 12.3 Å². The third kappa shape index (κ3) is 3.68. The minimum atomic E-state index is -0.780. The van der Waals surface area contributed by atoms with Crippen molar-refractivity contribution in [2.24, 2.45) is 11.5 Å². The van der Waals surface area contributed by atoms with Crippen molar-refractivity contribution in [3.63, 3.8) is 0 Å². The van der Waals surface area contributed by atoms with Gasteiger partial charge in [-0.1, -0.05) is 6.92 Å². The molecule has 2 unspecified atom stereocenters. The number of primary amides is 1. The van der Waals surface area contributed by atoms with E-state index in [0.717, 1.165) is 18.7 Å². The first kappa shape index (κ1) is 13.3. The van der Waals surface area contributed by atoms with Gasteiger partial charge >= 0.3 is 0 Å². The first-order valence-electron chi connectivity index (χ1n) is 5.48. The number of nitrogens with zero attached hydrogens (tertiary/aromatic N) is 1. The van der Waals surface area contributed by atoms with E-state index in [2.05, 4.69) is 6.92 Å². The molecule has 0 spiro atoms. The fourth-order valence-electron chi connectivity index (χ4n) is 1.71. The fourth-order valence-corrected chi connectivity index (χ4v) is 2.89. The Morgan fingerprint density at radius 2 is 2.25 bits per heavy atom. The van der Waals surface area contributed by atoms with Gasteiger partial charge < -0.3 is 16.4 Å². The maximum absolute atomic E-state index is 11.9. The first-order valence-corrected chi connectivity index (χ1v) is 6.53. The maximum Gasteiger partial charge on any atom is 0.240 e. The summed E-state index contributed by atoms with van der Waals surface area (Å²) in [6.45, 7) is 3.55. The van der Waals surface area contributed by atoms with E-state index >= 15 is 0 Å². The average molecular weight is 245 g/mol. The largest absolute Gasteiger partial charge is 0.370 e. The van der Waals surface area contributed by atoms with Gasteiger partial charge in [-0.15, -0.1) is 0 Å². The van der Waals surface area contributed by atoms with Gasteiger partial charge in [0.2, 0.25) is 11.8 Å². The highest BCUT2D eigenvalue weighted by Gasteiger charge is 2.27. The molecule has 0 aromatic carbocycles. The van der Waals surface area contributed by atoms with Crippen LogP contribution in [0.15, 0.2) is 0 Å². The van der Waals surface area contributed by atoms with Crippen molar-refractivity contribution in [2.45, 2.75) is 31.1 Å². The minimum Gasteiger partial charge on any atom is -0.370 e. The fraction of sp³-hybridized carbons (Fsp3) is 0.800. The molecule has 0 radical (unpaired) electrons. The molecule has 1 aliphatic heterocycles. The predicted octanol–water partition coefficient (Wildman–Crippen LogP) is -0.457. The second-order valence-corrected chi connectivity index (χ2v) is 5.37. The van der Waals surface area contributed by atoms with E-state index in [1.165, 1.54) is 0 Å². The van der Waals surface area contributed by atoms with Gasteiger partial charge in [-0.3, -0.25) is 9.59 Å². The number of carbonyl (C=O) groups excluding carboxylic acids is 2. The Balaban J connectivity index is 2.49. The molecule has 1 saturated heterocycles. The summed E-state index contributed by atoms with van der Waals surface area (Å²) in [6.07, 6.45) is 0.971. The molecular formula is C10H19N3O2S. The normalized spacial score (nSPS) is 22.9. The van der Waals surface area contributed by atoms with E-state index in [4.69, 9.17) is 11.5 Å². The van der Waals surface area contributed by atoms with Crippen LogP contribution in [0, 0.1) is 0 Å². The van der Waals surface area contributed by atoms with Crippen molar-refractivity contribution >= 4 is 23.6 Å². The highest BCUT2D eigenvalue weighted by atomic mass is 32.2. The van der Waals surface area contributed by atoms with Crippen LogP contribution in [0.2, 0.25) is 0 Å². The summed E-state index contributed by atoms with van der Waals surface area (Å²) in [7, 11) is 0.